The van der Waals surface area contributed by atoms with Gasteiger partial charge < -0.3 is 0 Å². The molecule has 0 bridgehead atoms. The number of hydrogen-bond donors (Lipinski definition) is 0. The van der Waals surface area contributed by atoms with Gasteiger partial charge >= 0.3 is 0 Å². The van der Waals surface area contributed by atoms with Gasteiger partial charge in [-0.1, -0.05) is 12.1 Å². The van der Waals surface area contributed by atoms with E-state index in [-0.39, 0.29) is 10.6 Å². The minimum absolute atomic E-state index is 0.150. The maximum absolute atomic E-state index is 10.9. The molecule has 0 amide bonds. The summed E-state index contributed by atoms with van der Waals surface area (Å²) in [4.78, 5) is 14.6. The second-order valence-corrected chi connectivity index (χ2v) is 3.94. The second kappa shape index (κ2) is 4.33. The first kappa shape index (κ1) is 11.3. The third-order valence-electron chi connectivity index (χ3n) is 2.64. The van der Waals surface area contributed by atoms with Crippen molar-refractivity contribution >= 4 is 5.69 Å². The summed E-state index contributed by atoms with van der Waals surface area (Å²) in [6, 6.07) is 9.01. The second-order valence-electron chi connectivity index (χ2n) is 3.94. The highest BCUT2D eigenvalue weighted by atomic mass is 16.6. The quantitative estimate of drug-likeness (QED) is 0.585. The number of aromatic nitrogens is 1. The maximum Gasteiger partial charge on any atom is 0.272 e. The summed E-state index contributed by atoms with van der Waals surface area (Å²) in [6.45, 7) is 3.63. The largest absolute Gasteiger partial charge is 0.272 e. The smallest absolute Gasteiger partial charge is 0.262 e. The average molecular weight is 228 g/mol. The fourth-order valence-corrected chi connectivity index (χ4v) is 1.71. The molecule has 17 heavy (non-hydrogen) atoms. The van der Waals surface area contributed by atoms with Crippen molar-refractivity contribution in [3.8, 4) is 11.1 Å². The van der Waals surface area contributed by atoms with Crippen LogP contribution in [0.5, 0.6) is 0 Å². The van der Waals surface area contributed by atoms with Crippen LogP contribution in [0.15, 0.2) is 36.5 Å². The minimum Gasteiger partial charge on any atom is -0.262 e. The van der Waals surface area contributed by atoms with Crippen LogP contribution in [0.25, 0.3) is 11.1 Å². The van der Waals surface area contributed by atoms with Gasteiger partial charge in [0.15, 0.2) is 0 Å². The maximum atomic E-state index is 10.9. The first-order valence-corrected chi connectivity index (χ1v) is 5.26. The summed E-state index contributed by atoms with van der Waals surface area (Å²) in [6.07, 6.45) is 1.70. The Balaban J connectivity index is 2.54. The van der Waals surface area contributed by atoms with Crippen LogP contribution in [0, 0.1) is 24.0 Å². The predicted octanol–water partition coefficient (Wildman–Crippen LogP) is 3.27. The van der Waals surface area contributed by atoms with Gasteiger partial charge in [0.05, 0.1) is 4.92 Å². The van der Waals surface area contributed by atoms with E-state index in [1.165, 1.54) is 0 Å². The predicted molar refractivity (Wildman–Crippen MR) is 65.8 cm³/mol. The molecule has 4 nitrogen and oxygen atoms in total. The molecular weight excluding hydrogens is 216 g/mol. The van der Waals surface area contributed by atoms with E-state index in [9.17, 15) is 10.1 Å². The molecule has 0 atom stereocenters. The molecule has 0 saturated heterocycles. The van der Waals surface area contributed by atoms with Gasteiger partial charge in [-0.15, -0.1) is 0 Å². The van der Waals surface area contributed by atoms with Gasteiger partial charge in [-0.25, -0.2) is 0 Å². The van der Waals surface area contributed by atoms with E-state index in [0.29, 0.717) is 5.56 Å². The lowest BCUT2D eigenvalue weighted by atomic mass is 10.0. The zero-order valence-corrected chi connectivity index (χ0v) is 9.68. The molecule has 0 spiro atoms. The highest BCUT2D eigenvalue weighted by Gasteiger charge is 2.11. The standard InChI is InChI=1S/C13H12N2O2/c1-9-3-4-11(8-13(9)15(16)17)12-5-6-14-10(2)7-12/h3-8H,1-2H3. The van der Waals surface area contributed by atoms with E-state index in [0.717, 1.165) is 16.8 Å². The molecule has 0 aliphatic rings. The van der Waals surface area contributed by atoms with Crippen LogP contribution < -0.4 is 0 Å². The van der Waals surface area contributed by atoms with E-state index in [1.54, 1.807) is 25.3 Å². The first-order chi connectivity index (χ1) is 8.08. The highest BCUT2D eigenvalue weighted by molar-refractivity contribution is 5.67. The van der Waals surface area contributed by atoms with Crippen LogP contribution in [0.1, 0.15) is 11.3 Å². The van der Waals surface area contributed by atoms with E-state index in [1.807, 2.05) is 25.1 Å². The molecule has 4 heteroatoms. The molecule has 0 saturated carbocycles. The molecule has 0 N–H and O–H groups in total. The summed E-state index contributed by atoms with van der Waals surface area (Å²) >= 11 is 0. The average Bonchev–Trinajstić information content (AvgIpc) is 2.29. The topological polar surface area (TPSA) is 56.0 Å². The van der Waals surface area contributed by atoms with E-state index >= 15 is 0 Å². The van der Waals surface area contributed by atoms with Gasteiger partial charge in [0.25, 0.3) is 5.69 Å². The molecule has 86 valence electrons. The van der Waals surface area contributed by atoms with Crippen molar-refractivity contribution in [2.45, 2.75) is 13.8 Å². The first-order valence-electron chi connectivity index (χ1n) is 5.26. The minimum atomic E-state index is -0.354. The van der Waals surface area contributed by atoms with Gasteiger partial charge in [-0.3, -0.25) is 15.1 Å². The molecule has 0 aliphatic carbocycles. The van der Waals surface area contributed by atoms with Gasteiger partial charge in [-0.05, 0) is 37.1 Å². The summed E-state index contributed by atoms with van der Waals surface area (Å²) in [5, 5.41) is 10.9. The van der Waals surface area contributed by atoms with Gasteiger partial charge in [0.2, 0.25) is 0 Å². The van der Waals surface area contributed by atoms with Crippen LogP contribution in [0.2, 0.25) is 0 Å². The van der Waals surface area contributed by atoms with E-state index in [4.69, 9.17) is 0 Å². The number of nitro groups is 1. The molecule has 0 aliphatic heterocycles. The lowest BCUT2D eigenvalue weighted by Crippen LogP contribution is -1.92. The van der Waals surface area contributed by atoms with Crippen molar-refractivity contribution < 1.29 is 4.92 Å². The fraction of sp³-hybridized carbons (Fsp3) is 0.154. The molecule has 2 aromatic rings. The number of nitrogens with zero attached hydrogens (tertiary/aromatic N) is 2. The zero-order chi connectivity index (χ0) is 12.4. The summed E-state index contributed by atoms with van der Waals surface area (Å²) in [5.74, 6) is 0. The Morgan fingerprint density at radius 1 is 1.12 bits per heavy atom. The number of hydrogen-bond acceptors (Lipinski definition) is 3. The van der Waals surface area contributed by atoms with E-state index in [2.05, 4.69) is 4.98 Å². The monoisotopic (exact) mass is 228 g/mol. The Hall–Kier alpha value is -2.23. The summed E-state index contributed by atoms with van der Waals surface area (Å²) in [7, 11) is 0. The molecule has 1 heterocycles. The normalized spacial score (nSPS) is 10.2. The molecule has 2 rings (SSSR count). The number of nitro benzene ring substituents is 1. The van der Waals surface area contributed by atoms with Crippen molar-refractivity contribution in [1.82, 2.24) is 4.98 Å². The number of pyridine rings is 1. The zero-order valence-electron chi connectivity index (χ0n) is 9.68. The van der Waals surface area contributed by atoms with Crippen molar-refractivity contribution in [2.24, 2.45) is 0 Å². The SMILES string of the molecule is Cc1cc(-c2ccc(C)c([N+](=O)[O-])c2)ccn1. The summed E-state index contributed by atoms with van der Waals surface area (Å²) < 4.78 is 0. The highest BCUT2D eigenvalue weighted by Crippen LogP contribution is 2.26. The molecule has 1 aromatic heterocycles. The molecular formula is C13H12N2O2. The third-order valence-corrected chi connectivity index (χ3v) is 2.64. The Labute approximate surface area is 99.1 Å². The van der Waals surface area contributed by atoms with Crippen molar-refractivity contribution in [3.63, 3.8) is 0 Å². The summed E-state index contributed by atoms with van der Waals surface area (Å²) in [5.41, 5.74) is 3.50. The Morgan fingerprint density at radius 3 is 2.47 bits per heavy atom. The Bertz CT molecular complexity index is 579. The van der Waals surface area contributed by atoms with Crippen LogP contribution in [-0.4, -0.2) is 9.91 Å². The third kappa shape index (κ3) is 2.30. The number of benzene rings is 1. The van der Waals surface area contributed by atoms with Crippen LogP contribution in [0.3, 0.4) is 0 Å². The van der Waals surface area contributed by atoms with Crippen molar-refractivity contribution in [3.05, 3.63) is 57.9 Å². The lowest BCUT2D eigenvalue weighted by Gasteiger charge is -2.04. The Kier molecular flexibility index (Phi) is 2.87. The van der Waals surface area contributed by atoms with Crippen molar-refractivity contribution in [1.29, 1.82) is 0 Å². The molecule has 0 radical (unpaired) electrons. The van der Waals surface area contributed by atoms with Gasteiger partial charge in [-0.2, -0.15) is 0 Å². The van der Waals surface area contributed by atoms with Crippen LogP contribution in [-0.2, 0) is 0 Å². The molecule has 1 aromatic carbocycles. The Morgan fingerprint density at radius 2 is 1.82 bits per heavy atom. The van der Waals surface area contributed by atoms with Gasteiger partial charge in [0, 0.05) is 23.5 Å². The van der Waals surface area contributed by atoms with Crippen molar-refractivity contribution in [2.75, 3.05) is 0 Å². The van der Waals surface area contributed by atoms with Crippen LogP contribution >= 0.6 is 0 Å². The molecule has 0 unspecified atom stereocenters. The number of aryl methyl sites for hydroxylation is 2. The molecule has 0 fully saturated rings. The van der Waals surface area contributed by atoms with Crippen LogP contribution in [0.4, 0.5) is 5.69 Å². The van der Waals surface area contributed by atoms with E-state index < -0.39 is 0 Å². The fourth-order valence-electron chi connectivity index (χ4n) is 1.71. The van der Waals surface area contributed by atoms with Gasteiger partial charge in [0.1, 0.15) is 0 Å². The number of rotatable bonds is 2. The lowest BCUT2D eigenvalue weighted by molar-refractivity contribution is -0.385.